The lowest BCUT2D eigenvalue weighted by Crippen LogP contribution is -2.28. The molecule has 9 heteroatoms. The molecule has 0 fully saturated rings. The van der Waals surface area contributed by atoms with E-state index in [1.54, 1.807) is 24.3 Å². The van der Waals surface area contributed by atoms with E-state index >= 15 is 0 Å². The SMILES string of the molecule is Cc1ccc(NC(=O)CCNS(=O)(=O)c2ccc3c(c2)CCC(=O)N3)c(Cl)c1. The summed E-state index contributed by atoms with van der Waals surface area (Å²) < 4.78 is 27.3. The smallest absolute Gasteiger partial charge is 0.240 e. The van der Waals surface area contributed by atoms with Crippen molar-refractivity contribution in [1.29, 1.82) is 0 Å². The molecule has 1 heterocycles. The first-order chi connectivity index (χ1) is 13.2. The molecular weight excluding hydrogens is 402 g/mol. The monoisotopic (exact) mass is 421 g/mol. The number of benzene rings is 2. The Morgan fingerprint density at radius 2 is 1.96 bits per heavy atom. The van der Waals surface area contributed by atoms with Gasteiger partial charge in [-0.2, -0.15) is 0 Å². The predicted molar refractivity (Wildman–Crippen MR) is 108 cm³/mol. The lowest BCUT2D eigenvalue weighted by molar-refractivity contribution is -0.117. The lowest BCUT2D eigenvalue weighted by atomic mass is 10.0. The highest BCUT2D eigenvalue weighted by molar-refractivity contribution is 7.89. The van der Waals surface area contributed by atoms with E-state index in [0.29, 0.717) is 29.2 Å². The van der Waals surface area contributed by atoms with Crippen molar-refractivity contribution in [3.63, 3.8) is 0 Å². The Morgan fingerprint density at radius 1 is 1.18 bits per heavy atom. The maximum absolute atomic E-state index is 12.5. The zero-order chi connectivity index (χ0) is 20.3. The van der Waals surface area contributed by atoms with E-state index in [2.05, 4.69) is 15.4 Å². The number of hydrogen-bond donors (Lipinski definition) is 3. The second kappa shape index (κ2) is 8.30. The molecule has 2 amide bonds. The minimum Gasteiger partial charge on any atom is -0.326 e. The average molecular weight is 422 g/mol. The molecule has 1 aliphatic heterocycles. The van der Waals surface area contributed by atoms with Crippen molar-refractivity contribution in [1.82, 2.24) is 4.72 Å². The summed E-state index contributed by atoms with van der Waals surface area (Å²) in [4.78, 5) is 23.5. The third kappa shape index (κ3) is 4.89. The number of rotatable bonds is 6. The quantitative estimate of drug-likeness (QED) is 0.667. The molecule has 2 aromatic carbocycles. The summed E-state index contributed by atoms with van der Waals surface area (Å²) in [5.74, 6) is -0.428. The summed E-state index contributed by atoms with van der Waals surface area (Å²) >= 11 is 6.07. The van der Waals surface area contributed by atoms with Crippen LogP contribution in [0, 0.1) is 6.92 Å². The molecule has 3 N–H and O–H groups in total. The summed E-state index contributed by atoms with van der Waals surface area (Å²) in [6.07, 6.45) is 0.778. The molecule has 3 rings (SSSR count). The van der Waals surface area contributed by atoms with Crippen LogP contribution in [0.3, 0.4) is 0 Å². The molecule has 0 saturated heterocycles. The van der Waals surface area contributed by atoms with Crippen molar-refractivity contribution in [2.45, 2.75) is 31.1 Å². The van der Waals surface area contributed by atoms with Crippen LogP contribution in [0.2, 0.25) is 5.02 Å². The molecule has 0 unspecified atom stereocenters. The van der Waals surface area contributed by atoms with Crippen molar-refractivity contribution in [3.8, 4) is 0 Å². The maximum atomic E-state index is 12.5. The number of aryl methyl sites for hydroxylation is 2. The Balaban J connectivity index is 1.58. The summed E-state index contributed by atoms with van der Waals surface area (Å²) in [6, 6.07) is 9.81. The Morgan fingerprint density at radius 3 is 2.71 bits per heavy atom. The van der Waals surface area contributed by atoms with Crippen molar-refractivity contribution in [2.24, 2.45) is 0 Å². The fourth-order valence-electron chi connectivity index (χ4n) is 2.84. The first-order valence-electron chi connectivity index (χ1n) is 8.73. The topological polar surface area (TPSA) is 104 Å². The number of sulfonamides is 1. The van der Waals surface area contributed by atoms with Crippen LogP contribution in [0.15, 0.2) is 41.3 Å². The lowest BCUT2D eigenvalue weighted by Gasteiger charge is -2.17. The molecule has 7 nitrogen and oxygen atoms in total. The summed E-state index contributed by atoms with van der Waals surface area (Å²) in [5, 5.41) is 5.80. The highest BCUT2D eigenvalue weighted by Gasteiger charge is 2.20. The van der Waals surface area contributed by atoms with E-state index in [1.807, 2.05) is 13.0 Å². The largest absolute Gasteiger partial charge is 0.326 e. The molecule has 148 valence electrons. The van der Waals surface area contributed by atoms with Crippen LogP contribution >= 0.6 is 11.6 Å². The summed E-state index contributed by atoms with van der Waals surface area (Å²) in [6.45, 7) is 1.84. The highest BCUT2D eigenvalue weighted by atomic mass is 35.5. The Hall–Kier alpha value is -2.42. The molecule has 28 heavy (non-hydrogen) atoms. The number of halogens is 1. The van der Waals surface area contributed by atoms with Crippen molar-refractivity contribution < 1.29 is 18.0 Å². The van der Waals surface area contributed by atoms with Gasteiger partial charge in [0.15, 0.2) is 0 Å². The van der Waals surface area contributed by atoms with Gasteiger partial charge in [0.25, 0.3) is 0 Å². The van der Waals surface area contributed by atoms with E-state index in [9.17, 15) is 18.0 Å². The van der Waals surface area contributed by atoms with Gasteiger partial charge in [0.1, 0.15) is 0 Å². The standard InChI is InChI=1S/C19H20ClN3O4S/c1-12-2-5-17(15(20)10-12)23-19(25)8-9-21-28(26,27)14-4-6-16-13(11-14)3-7-18(24)22-16/h2,4-6,10-11,21H,3,7-9H2,1H3,(H,22,24)(H,23,25). The third-order valence-electron chi connectivity index (χ3n) is 4.33. The molecule has 2 aromatic rings. The first-order valence-corrected chi connectivity index (χ1v) is 10.6. The second-order valence-electron chi connectivity index (χ2n) is 6.55. The summed E-state index contributed by atoms with van der Waals surface area (Å²) in [7, 11) is -3.76. The normalized spacial score (nSPS) is 13.6. The number of anilines is 2. The minimum absolute atomic E-state index is 0.0373. The number of carbonyl (C=O) groups excluding carboxylic acids is 2. The number of nitrogens with one attached hydrogen (secondary N) is 3. The van der Waals surface area contributed by atoms with Gasteiger partial charge in [0.2, 0.25) is 21.8 Å². The molecule has 1 aliphatic rings. The van der Waals surface area contributed by atoms with Gasteiger partial charge in [-0.25, -0.2) is 13.1 Å². The predicted octanol–water partition coefficient (Wildman–Crippen LogP) is 2.84. The van der Waals surface area contributed by atoms with Crippen LogP contribution < -0.4 is 15.4 Å². The molecule has 0 radical (unpaired) electrons. The third-order valence-corrected chi connectivity index (χ3v) is 6.10. The summed E-state index contributed by atoms with van der Waals surface area (Å²) in [5.41, 5.74) is 2.86. The maximum Gasteiger partial charge on any atom is 0.240 e. The number of hydrogen-bond acceptors (Lipinski definition) is 4. The van der Waals surface area contributed by atoms with Gasteiger partial charge >= 0.3 is 0 Å². The van der Waals surface area contributed by atoms with Gasteiger partial charge in [-0.05, 0) is 54.8 Å². The van der Waals surface area contributed by atoms with Crippen LogP contribution in [-0.2, 0) is 26.0 Å². The zero-order valence-corrected chi connectivity index (χ0v) is 16.8. The molecule has 0 spiro atoms. The van der Waals surface area contributed by atoms with Crippen molar-refractivity contribution in [2.75, 3.05) is 17.2 Å². The van der Waals surface area contributed by atoms with Gasteiger partial charge < -0.3 is 10.6 Å². The van der Waals surface area contributed by atoms with Gasteiger partial charge in [-0.3, -0.25) is 9.59 Å². The minimum atomic E-state index is -3.76. The fraction of sp³-hybridized carbons (Fsp3) is 0.263. The molecule has 0 aromatic heterocycles. The van der Waals surface area contributed by atoms with E-state index in [4.69, 9.17) is 11.6 Å². The zero-order valence-electron chi connectivity index (χ0n) is 15.2. The molecular formula is C19H20ClN3O4S. The van der Waals surface area contributed by atoms with Crippen LogP contribution in [0.1, 0.15) is 24.0 Å². The van der Waals surface area contributed by atoms with Gasteiger partial charge in [0.05, 0.1) is 15.6 Å². The number of fused-ring (bicyclic) bond motifs is 1. The van der Waals surface area contributed by atoms with Crippen LogP contribution in [0.5, 0.6) is 0 Å². The van der Waals surface area contributed by atoms with Gasteiger partial charge in [-0.1, -0.05) is 17.7 Å². The van der Waals surface area contributed by atoms with E-state index in [-0.39, 0.29) is 29.7 Å². The van der Waals surface area contributed by atoms with Crippen LogP contribution in [0.25, 0.3) is 0 Å². The van der Waals surface area contributed by atoms with E-state index < -0.39 is 10.0 Å². The fourth-order valence-corrected chi connectivity index (χ4v) is 4.21. The van der Waals surface area contributed by atoms with Crippen molar-refractivity contribution >= 4 is 44.8 Å². The molecule has 0 saturated carbocycles. The van der Waals surface area contributed by atoms with E-state index in [1.165, 1.54) is 6.07 Å². The number of amides is 2. The highest BCUT2D eigenvalue weighted by Crippen LogP contribution is 2.25. The molecule has 0 aliphatic carbocycles. The average Bonchev–Trinajstić information content (AvgIpc) is 2.63. The Bertz CT molecular complexity index is 1040. The second-order valence-corrected chi connectivity index (χ2v) is 8.72. The molecule has 0 bridgehead atoms. The van der Waals surface area contributed by atoms with Crippen LogP contribution in [-0.4, -0.2) is 26.8 Å². The van der Waals surface area contributed by atoms with E-state index in [0.717, 1.165) is 11.1 Å². The van der Waals surface area contributed by atoms with Gasteiger partial charge in [0, 0.05) is 25.1 Å². The number of carbonyl (C=O) groups is 2. The van der Waals surface area contributed by atoms with Gasteiger partial charge in [-0.15, -0.1) is 0 Å². The van der Waals surface area contributed by atoms with Crippen LogP contribution in [0.4, 0.5) is 11.4 Å². The first kappa shape index (κ1) is 20.3. The molecule has 0 atom stereocenters. The Labute approximate surface area is 168 Å². The Kier molecular flexibility index (Phi) is 6.02. The van der Waals surface area contributed by atoms with Crippen molar-refractivity contribution in [3.05, 3.63) is 52.5 Å².